The topological polar surface area (TPSA) is 15.3 Å². The van der Waals surface area contributed by atoms with E-state index >= 15 is 0 Å². The lowest BCUT2D eigenvalue weighted by molar-refractivity contribution is 1.24. The first kappa shape index (κ1) is 35.0. The summed E-state index contributed by atoms with van der Waals surface area (Å²) < 4.78 is 5.12. The van der Waals surface area contributed by atoms with Crippen molar-refractivity contribution < 1.29 is 0 Å². The molecule has 0 aliphatic rings. The lowest BCUT2D eigenvalue weighted by atomic mass is 9.98. The minimum absolute atomic E-state index is 1.13. The molecule has 13 aromatic rings. The largest absolute Gasteiger partial charge is 0.310 e. The highest BCUT2D eigenvalue weighted by Gasteiger charge is 2.26. The number of nitrogens with zero attached hydrogens (tertiary/aromatic N) is 4. The zero-order valence-corrected chi connectivity index (χ0v) is 35.1. The van der Waals surface area contributed by atoms with E-state index in [1.807, 2.05) is 0 Å². The van der Waals surface area contributed by atoms with E-state index < -0.39 is 0 Å². The summed E-state index contributed by atoms with van der Waals surface area (Å²) in [6.07, 6.45) is 0. The molecule has 4 nitrogen and oxygen atoms in total. The summed E-state index contributed by atoms with van der Waals surface area (Å²) in [6.45, 7) is 8.97. The number of hydrogen-bond donors (Lipinski definition) is 0. The van der Waals surface area contributed by atoms with Crippen molar-refractivity contribution in [2.45, 2.75) is 27.7 Å². The van der Waals surface area contributed by atoms with Crippen molar-refractivity contribution >= 4 is 110 Å². The third-order valence-electron chi connectivity index (χ3n) is 13.5. The van der Waals surface area contributed by atoms with Crippen LogP contribution < -0.4 is 9.80 Å². The van der Waals surface area contributed by atoms with Gasteiger partial charge in [-0.15, -0.1) is 0 Å². The second kappa shape index (κ2) is 12.8. The van der Waals surface area contributed by atoms with E-state index in [9.17, 15) is 0 Å². The number of benzene rings is 9. The molecule has 4 heterocycles. The van der Waals surface area contributed by atoms with Gasteiger partial charge in [0.2, 0.25) is 0 Å². The first-order chi connectivity index (χ1) is 30.4. The molecule has 62 heavy (non-hydrogen) atoms. The van der Waals surface area contributed by atoms with Crippen LogP contribution in [0.5, 0.6) is 0 Å². The Kier molecular flexibility index (Phi) is 7.25. The summed E-state index contributed by atoms with van der Waals surface area (Å²) in [5, 5.41) is 10.3. The molecule has 13 rings (SSSR count). The predicted octanol–water partition coefficient (Wildman–Crippen LogP) is 16.2. The average Bonchev–Trinajstić information content (AvgIpc) is 4.01. The van der Waals surface area contributed by atoms with Gasteiger partial charge in [0.15, 0.2) is 0 Å². The van der Waals surface area contributed by atoms with Gasteiger partial charge >= 0.3 is 0 Å². The van der Waals surface area contributed by atoms with E-state index in [1.165, 1.54) is 104 Å². The summed E-state index contributed by atoms with van der Waals surface area (Å²) in [7, 11) is 0. The quantitative estimate of drug-likeness (QED) is 0.167. The Bertz CT molecular complexity index is 3860. The van der Waals surface area contributed by atoms with Crippen LogP contribution in [0.4, 0.5) is 34.1 Å². The molecule has 4 aromatic heterocycles. The van der Waals surface area contributed by atoms with Gasteiger partial charge in [-0.25, -0.2) is 0 Å². The highest BCUT2D eigenvalue weighted by molar-refractivity contribution is 6.30. The van der Waals surface area contributed by atoms with E-state index in [0.717, 1.165) is 28.4 Å². The van der Waals surface area contributed by atoms with Crippen molar-refractivity contribution in [1.29, 1.82) is 0 Å². The molecule has 0 fully saturated rings. The van der Waals surface area contributed by atoms with E-state index in [1.54, 1.807) is 0 Å². The third kappa shape index (κ3) is 4.78. The standard InChI is InChI=1S/C58H42N4/c1-35-23-28-50(36(2)29-35)60(41-19-12-7-13-20-41)43-25-27-47-52(32-43)62-54-33-48-46-22-14-21-45-44-26-24-42(59(39-15-8-5-9-16-39)40-17-10-6-11-18-40)31-51(44)61(57(45)46)53(48)34-49(54)56-38(4)30-37(3)55(47)58(56)62/h5-34H,1-4H3. The van der Waals surface area contributed by atoms with Crippen LogP contribution in [0.15, 0.2) is 182 Å². The predicted molar refractivity (Wildman–Crippen MR) is 264 cm³/mol. The highest BCUT2D eigenvalue weighted by Crippen LogP contribution is 2.48. The molecular formula is C58H42N4. The molecule has 0 amide bonds. The number of para-hydroxylation sites is 4. The summed E-state index contributed by atoms with van der Waals surface area (Å²) in [6, 6.07) is 67.3. The molecule has 0 unspecified atom stereocenters. The van der Waals surface area contributed by atoms with Gasteiger partial charge in [0.05, 0.1) is 33.1 Å². The fourth-order valence-electron chi connectivity index (χ4n) is 11.0. The molecule has 0 radical (unpaired) electrons. The molecule has 0 spiro atoms. The molecule has 0 bridgehead atoms. The maximum absolute atomic E-state index is 2.58. The van der Waals surface area contributed by atoms with Gasteiger partial charge in [0.1, 0.15) is 0 Å². The van der Waals surface area contributed by atoms with Crippen LogP contribution in [-0.4, -0.2) is 8.80 Å². The lowest BCUT2D eigenvalue weighted by Gasteiger charge is -2.27. The fourth-order valence-corrected chi connectivity index (χ4v) is 11.0. The van der Waals surface area contributed by atoms with Gasteiger partial charge < -0.3 is 18.6 Å². The second-order valence-electron chi connectivity index (χ2n) is 17.2. The lowest BCUT2D eigenvalue weighted by Crippen LogP contribution is -2.11. The summed E-state index contributed by atoms with van der Waals surface area (Å²) in [5.74, 6) is 0. The molecule has 4 heteroatoms. The Balaban J connectivity index is 1.11. The highest BCUT2D eigenvalue weighted by atomic mass is 15.2. The Hall–Kier alpha value is -7.82. The minimum Gasteiger partial charge on any atom is -0.310 e. The van der Waals surface area contributed by atoms with Crippen LogP contribution >= 0.6 is 0 Å². The Morgan fingerprint density at radius 3 is 1.45 bits per heavy atom. The maximum Gasteiger partial charge on any atom is 0.0625 e. The van der Waals surface area contributed by atoms with Crippen molar-refractivity contribution in [2.75, 3.05) is 9.80 Å². The van der Waals surface area contributed by atoms with E-state index in [4.69, 9.17) is 0 Å². The fraction of sp³-hybridized carbons (Fsp3) is 0.0690. The third-order valence-corrected chi connectivity index (χ3v) is 13.5. The number of aromatic nitrogens is 2. The number of aryl methyl sites for hydroxylation is 4. The average molecular weight is 795 g/mol. The normalized spacial score (nSPS) is 12.2. The molecular weight excluding hydrogens is 753 g/mol. The molecule has 0 aliphatic heterocycles. The smallest absolute Gasteiger partial charge is 0.0625 e. The monoisotopic (exact) mass is 794 g/mol. The van der Waals surface area contributed by atoms with E-state index in [-0.39, 0.29) is 0 Å². The maximum atomic E-state index is 2.58. The first-order valence-electron chi connectivity index (χ1n) is 21.6. The van der Waals surface area contributed by atoms with E-state index in [0.29, 0.717) is 0 Å². The molecule has 294 valence electrons. The number of fused-ring (bicyclic) bond motifs is 12. The van der Waals surface area contributed by atoms with Crippen molar-refractivity contribution in [3.05, 3.63) is 204 Å². The van der Waals surface area contributed by atoms with Gasteiger partial charge in [-0.2, -0.15) is 0 Å². The minimum atomic E-state index is 1.13. The van der Waals surface area contributed by atoms with Crippen LogP contribution in [-0.2, 0) is 0 Å². The molecule has 0 aliphatic carbocycles. The van der Waals surface area contributed by atoms with Crippen molar-refractivity contribution in [3.8, 4) is 0 Å². The van der Waals surface area contributed by atoms with E-state index in [2.05, 4.69) is 228 Å². The number of rotatable bonds is 6. The Morgan fingerprint density at radius 2 is 0.806 bits per heavy atom. The summed E-state index contributed by atoms with van der Waals surface area (Å²) >= 11 is 0. The Labute approximate surface area is 359 Å². The second-order valence-corrected chi connectivity index (χ2v) is 17.2. The van der Waals surface area contributed by atoms with Crippen LogP contribution in [0.3, 0.4) is 0 Å². The number of hydrogen-bond acceptors (Lipinski definition) is 2. The van der Waals surface area contributed by atoms with Gasteiger partial charge in [0.25, 0.3) is 0 Å². The van der Waals surface area contributed by atoms with Crippen LogP contribution in [0.25, 0.3) is 76.2 Å². The molecule has 0 saturated carbocycles. The van der Waals surface area contributed by atoms with Gasteiger partial charge in [-0.05, 0) is 123 Å². The molecule has 0 saturated heterocycles. The number of anilines is 6. The Morgan fingerprint density at radius 1 is 0.306 bits per heavy atom. The van der Waals surface area contributed by atoms with Crippen molar-refractivity contribution in [1.82, 2.24) is 8.80 Å². The molecule has 9 aromatic carbocycles. The first-order valence-corrected chi connectivity index (χ1v) is 21.6. The SMILES string of the molecule is Cc1ccc(N(c2ccccc2)c2ccc3c4c(C)cc(C)c5c6cc7c(cc6n(c3c2)c45)c2cccc3c4ccc(N(c5ccccc5)c5ccccc5)cc4n7c32)c(C)c1. The van der Waals surface area contributed by atoms with Crippen LogP contribution in [0.1, 0.15) is 22.3 Å². The zero-order valence-electron chi connectivity index (χ0n) is 35.1. The zero-order chi connectivity index (χ0) is 41.4. The molecule has 0 atom stereocenters. The van der Waals surface area contributed by atoms with Gasteiger partial charge in [0, 0.05) is 77.2 Å². The summed E-state index contributed by atoms with van der Waals surface area (Å²) in [5.41, 5.74) is 19.5. The summed E-state index contributed by atoms with van der Waals surface area (Å²) in [4.78, 5) is 4.78. The molecule has 0 N–H and O–H groups in total. The van der Waals surface area contributed by atoms with Crippen molar-refractivity contribution in [2.24, 2.45) is 0 Å². The van der Waals surface area contributed by atoms with Crippen LogP contribution in [0.2, 0.25) is 0 Å². The van der Waals surface area contributed by atoms with Gasteiger partial charge in [-0.1, -0.05) is 109 Å². The van der Waals surface area contributed by atoms with Crippen molar-refractivity contribution in [3.63, 3.8) is 0 Å². The van der Waals surface area contributed by atoms with Crippen LogP contribution in [0, 0.1) is 27.7 Å². The van der Waals surface area contributed by atoms with Gasteiger partial charge in [-0.3, -0.25) is 0 Å².